The number of phenols is 1. The summed E-state index contributed by atoms with van der Waals surface area (Å²) in [6, 6.07) is 10.8. The highest BCUT2D eigenvalue weighted by molar-refractivity contribution is 7.80. The Labute approximate surface area is 203 Å². The van der Waals surface area contributed by atoms with Crippen LogP contribution in [0.4, 0.5) is 4.39 Å². The molecule has 2 N–H and O–H groups in total. The van der Waals surface area contributed by atoms with Crippen molar-refractivity contribution in [3.05, 3.63) is 65.4 Å². The topological polar surface area (TPSA) is 83.7 Å². The second-order valence-corrected chi connectivity index (χ2v) is 8.97. The molecule has 1 aliphatic rings. The van der Waals surface area contributed by atoms with E-state index in [1.54, 1.807) is 24.3 Å². The predicted molar refractivity (Wildman–Crippen MR) is 132 cm³/mol. The molecule has 4 rings (SSSR count). The molecule has 0 aliphatic carbocycles. The van der Waals surface area contributed by atoms with E-state index >= 15 is 0 Å². The van der Waals surface area contributed by atoms with Crippen LogP contribution in [0.15, 0.2) is 52.7 Å². The summed E-state index contributed by atoms with van der Waals surface area (Å²) in [5.41, 5.74) is 2.88. The molecule has 9 heteroatoms. The van der Waals surface area contributed by atoms with E-state index in [0.717, 1.165) is 29.8 Å². The van der Waals surface area contributed by atoms with Crippen LogP contribution >= 0.6 is 12.2 Å². The lowest BCUT2D eigenvalue weighted by Crippen LogP contribution is -2.46. The smallest absolute Gasteiger partial charge is 0.258 e. The number of allylic oxidation sites excluding steroid dienone is 1. The van der Waals surface area contributed by atoms with Gasteiger partial charge in [-0.1, -0.05) is 37.2 Å². The fraction of sp³-hybridized carbons (Fsp3) is 0.320. The number of rotatable bonds is 7. The highest BCUT2D eigenvalue weighted by Crippen LogP contribution is 2.40. The van der Waals surface area contributed by atoms with Crippen molar-refractivity contribution >= 4 is 22.9 Å². The van der Waals surface area contributed by atoms with Crippen LogP contribution in [0.2, 0.25) is 0 Å². The summed E-state index contributed by atoms with van der Waals surface area (Å²) in [7, 11) is 1.50. The number of phenolic OH excluding ortho intramolecular Hbond substituents is 1. The molecule has 3 aromatic rings. The summed E-state index contributed by atoms with van der Waals surface area (Å²) in [6.07, 6.45) is 0.943. The maximum absolute atomic E-state index is 13.7. The lowest BCUT2D eigenvalue weighted by Gasteiger charge is -2.37. The summed E-state index contributed by atoms with van der Waals surface area (Å²) in [5.74, 6) is 1.08. The number of ether oxygens (including phenoxy) is 1. The van der Waals surface area contributed by atoms with Crippen molar-refractivity contribution in [2.24, 2.45) is 5.92 Å². The van der Waals surface area contributed by atoms with Crippen LogP contribution in [0.5, 0.6) is 11.5 Å². The molecule has 1 unspecified atom stereocenters. The van der Waals surface area contributed by atoms with E-state index in [-0.39, 0.29) is 17.4 Å². The standard InChI is InChI=1S/C25H27FN4O3S/c1-14(2)10-11-30-15(3)21(24-28-23(29-33-24)17-6-5-7-18(26)12-17)22(27-25(30)34)16-8-9-20(32-4)19(31)13-16/h5-9,12-14,22,31H,10-11H2,1-4H3,(H,27,34). The number of hydrogen-bond donors (Lipinski definition) is 2. The number of hydrogen-bond acceptors (Lipinski definition) is 6. The number of nitrogens with zero attached hydrogens (tertiary/aromatic N) is 3. The first kappa shape index (κ1) is 23.7. The molecule has 7 nitrogen and oxygen atoms in total. The average molecular weight is 483 g/mol. The van der Waals surface area contributed by atoms with E-state index in [1.165, 1.54) is 19.2 Å². The minimum atomic E-state index is -0.444. The third kappa shape index (κ3) is 4.75. The van der Waals surface area contributed by atoms with Crippen LogP contribution in [0, 0.1) is 11.7 Å². The van der Waals surface area contributed by atoms with Gasteiger partial charge in [0.15, 0.2) is 16.6 Å². The van der Waals surface area contributed by atoms with Gasteiger partial charge in [-0.2, -0.15) is 4.98 Å². The number of aromatic hydroxyl groups is 1. The van der Waals surface area contributed by atoms with Gasteiger partial charge in [-0.15, -0.1) is 0 Å². The zero-order valence-electron chi connectivity index (χ0n) is 19.5. The maximum Gasteiger partial charge on any atom is 0.258 e. The molecule has 0 spiro atoms. The van der Waals surface area contributed by atoms with Gasteiger partial charge >= 0.3 is 0 Å². The van der Waals surface area contributed by atoms with E-state index < -0.39 is 6.04 Å². The quantitative estimate of drug-likeness (QED) is 0.439. The number of thiocarbonyl (C=S) groups is 1. The molecule has 1 atom stereocenters. The summed E-state index contributed by atoms with van der Waals surface area (Å²) < 4.78 is 24.6. The van der Waals surface area contributed by atoms with Gasteiger partial charge in [0.1, 0.15) is 5.82 Å². The zero-order chi connectivity index (χ0) is 24.4. The maximum atomic E-state index is 13.7. The van der Waals surface area contributed by atoms with E-state index in [1.807, 2.05) is 17.9 Å². The first-order valence-corrected chi connectivity index (χ1v) is 11.4. The molecule has 0 saturated heterocycles. The lowest BCUT2D eigenvalue weighted by molar-refractivity contribution is 0.372. The summed E-state index contributed by atoms with van der Waals surface area (Å²) in [4.78, 5) is 6.61. The van der Waals surface area contributed by atoms with Gasteiger partial charge in [-0.3, -0.25) is 0 Å². The van der Waals surface area contributed by atoms with Crippen molar-refractivity contribution in [3.8, 4) is 22.9 Å². The molecule has 2 heterocycles. The van der Waals surface area contributed by atoms with Gasteiger partial charge in [-0.25, -0.2) is 4.39 Å². The first-order valence-electron chi connectivity index (χ1n) is 11.0. The van der Waals surface area contributed by atoms with E-state index in [4.69, 9.17) is 21.5 Å². The first-order chi connectivity index (χ1) is 16.3. The highest BCUT2D eigenvalue weighted by Gasteiger charge is 2.34. The minimum absolute atomic E-state index is 0.0120. The van der Waals surface area contributed by atoms with E-state index in [2.05, 4.69) is 29.3 Å². The second-order valence-electron chi connectivity index (χ2n) is 8.58. The van der Waals surface area contributed by atoms with Crippen molar-refractivity contribution < 1.29 is 18.8 Å². The zero-order valence-corrected chi connectivity index (χ0v) is 20.3. The normalized spacial score (nSPS) is 16.2. The predicted octanol–water partition coefficient (Wildman–Crippen LogP) is 5.30. The Morgan fingerprint density at radius 2 is 2.06 bits per heavy atom. The van der Waals surface area contributed by atoms with Gasteiger partial charge in [-0.05, 0) is 61.3 Å². The molecular formula is C25H27FN4O3S. The Kier molecular flexibility index (Phi) is 6.83. The molecule has 2 aromatic carbocycles. The second kappa shape index (κ2) is 9.80. The Bertz CT molecular complexity index is 1240. The SMILES string of the molecule is COc1ccc(C2NC(=S)N(CCC(C)C)C(C)=C2c2nc(-c3cccc(F)c3)no2)cc1O. The molecule has 1 aliphatic heterocycles. The van der Waals surface area contributed by atoms with Gasteiger partial charge in [0.05, 0.1) is 18.7 Å². The third-order valence-corrected chi connectivity index (χ3v) is 6.14. The number of halogens is 1. The Morgan fingerprint density at radius 1 is 1.26 bits per heavy atom. The van der Waals surface area contributed by atoms with E-state index in [0.29, 0.717) is 28.2 Å². The van der Waals surface area contributed by atoms with Gasteiger partial charge < -0.3 is 24.6 Å². The van der Waals surface area contributed by atoms with Gasteiger partial charge in [0.25, 0.3) is 5.89 Å². The van der Waals surface area contributed by atoms with E-state index in [9.17, 15) is 9.50 Å². The van der Waals surface area contributed by atoms with Crippen LogP contribution in [0.25, 0.3) is 17.0 Å². The minimum Gasteiger partial charge on any atom is -0.504 e. The van der Waals surface area contributed by atoms with Gasteiger partial charge in [0, 0.05) is 17.8 Å². The number of methoxy groups -OCH3 is 1. The molecule has 1 aromatic heterocycles. The van der Waals surface area contributed by atoms with Crippen molar-refractivity contribution in [2.45, 2.75) is 33.2 Å². The number of nitrogens with one attached hydrogen (secondary N) is 1. The Morgan fingerprint density at radius 3 is 2.74 bits per heavy atom. The molecule has 34 heavy (non-hydrogen) atoms. The summed E-state index contributed by atoms with van der Waals surface area (Å²) in [5, 5.41) is 18.4. The molecule has 0 saturated carbocycles. The highest BCUT2D eigenvalue weighted by atomic mass is 32.1. The molecular weight excluding hydrogens is 455 g/mol. The lowest BCUT2D eigenvalue weighted by atomic mass is 9.94. The fourth-order valence-corrected chi connectivity index (χ4v) is 4.28. The van der Waals surface area contributed by atoms with Crippen LogP contribution in [-0.2, 0) is 0 Å². The Hall–Kier alpha value is -3.46. The van der Waals surface area contributed by atoms with Gasteiger partial charge in [0.2, 0.25) is 5.82 Å². The van der Waals surface area contributed by atoms with Crippen molar-refractivity contribution in [1.29, 1.82) is 0 Å². The van der Waals surface area contributed by atoms with Crippen molar-refractivity contribution in [2.75, 3.05) is 13.7 Å². The third-order valence-electron chi connectivity index (χ3n) is 5.80. The molecule has 0 radical (unpaired) electrons. The molecule has 0 fully saturated rings. The molecule has 0 amide bonds. The van der Waals surface area contributed by atoms with Crippen LogP contribution < -0.4 is 10.1 Å². The summed E-state index contributed by atoms with van der Waals surface area (Å²) in [6.45, 7) is 7.01. The molecule has 0 bridgehead atoms. The largest absolute Gasteiger partial charge is 0.504 e. The average Bonchev–Trinajstić information content (AvgIpc) is 3.28. The monoisotopic (exact) mass is 482 g/mol. The number of aromatic nitrogens is 2. The van der Waals surface area contributed by atoms with Crippen LogP contribution in [0.1, 0.15) is 44.7 Å². The number of benzene rings is 2. The molecule has 178 valence electrons. The fourth-order valence-electron chi connectivity index (χ4n) is 3.93. The van der Waals surface area contributed by atoms with Crippen molar-refractivity contribution in [1.82, 2.24) is 20.4 Å². The summed E-state index contributed by atoms with van der Waals surface area (Å²) >= 11 is 5.70. The Balaban J connectivity index is 1.80. The van der Waals surface area contributed by atoms with Crippen LogP contribution in [0.3, 0.4) is 0 Å². The van der Waals surface area contributed by atoms with Crippen molar-refractivity contribution in [3.63, 3.8) is 0 Å². The van der Waals surface area contributed by atoms with Crippen LogP contribution in [-0.4, -0.2) is 38.9 Å².